The molecule has 7 nitrogen and oxygen atoms in total. The van der Waals surface area contributed by atoms with Gasteiger partial charge in [0.2, 0.25) is 5.91 Å². The van der Waals surface area contributed by atoms with Crippen LogP contribution in [0.2, 0.25) is 0 Å². The largest absolute Gasteiger partial charge is 0.322 e. The molecule has 0 atom stereocenters. The minimum atomic E-state index is -0.0743. The van der Waals surface area contributed by atoms with Gasteiger partial charge in [-0.25, -0.2) is 0 Å². The second kappa shape index (κ2) is 7.19. The summed E-state index contributed by atoms with van der Waals surface area (Å²) in [4.78, 5) is 12.5. The lowest BCUT2D eigenvalue weighted by Crippen LogP contribution is -2.15. The first-order chi connectivity index (χ1) is 13.0. The number of amides is 1. The van der Waals surface area contributed by atoms with E-state index in [1.165, 1.54) is 11.8 Å². The summed E-state index contributed by atoms with van der Waals surface area (Å²) in [5.74, 6) is 1.66. The summed E-state index contributed by atoms with van der Waals surface area (Å²) in [5.41, 5.74) is 3.57. The molecule has 3 aromatic rings. The van der Waals surface area contributed by atoms with Crippen molar-refractivity contribution < 1.29 is 4.79 Å². The topological polar surface area (TPSA) is 77.6 Å². The Morgan fingerprint density at radius 1 is 1.22 bits per heavy atom. The number of thioether (sulfide) groups is 1. The Morgan fingerprint density at radius 2 is 1.96 bits per heavy atom. The van der Waals surface area contributed by atoms with Gasteiger partial charge in [0, 0.05) is 18.7 Å². The highest BCUT2D eigenvalue weighted by molar-refractivity contribution is 7.99. The Balaban J connectivity index is 1.51. The van der Waals surface area contributed by atoms with Gasteiger partial charge in [0.1, 0.15) is 5.82 Å². The summed E-state index contributed by atoms with van der Waals surface area (Å²) >= 11 is 1.40. The molecule has 1 amide bonds. The lowest BCUT2D eigenvalue weighted by atomic mass is 10.3. The molecule has 0 unspecified atom stereocenters. The molecule has 1 fully saturated rings. The number of anilines is 1. The number of hydrogen-bond acceptors (Lipinski definition) is 5. The molecule has 2 aromatic heterocycles. The van der Waals surface area contributed by atoms with Gasteiger partial charge < -0.3 is 5.32 Å². The lowest BCUT2D eigenvalue weighted by molar-refractivity contribution is -0.113. The van der Waals surface area contributed by atoms with E-state index in [-0.39, 0.29) is 11.7 Å². The second-order valence-electron chi connectivity index (χ2n) is 6.79. The second-order valence-corrected chi connectivity index (χ2v) is 7.73. The van der Waals surface area contributed by atoms with Crippen molar-refractivity contribution in [1.29, 1.82) is 0 Å². The van der Waals surface area contributed by atoms with Crippen molar-refractivity contribution in [1.82, 2.24) is 24.5 Å². The molecule has 0 radical (unpaired) electrons. The fourth-order valence-electron chi connectivity index (χ4n) is 3.06. The Morgan fingerprint density at radius 3 is 2.59 bits per heavy atom. The zero-order valence-electron chi connectivity index (χ0n) is 15.6. The van der Waals surface area contributed by atoms with E-state index >= 15 is 0 Å². The van der Waals surface area contributed by atoms with Gasteiger partial charge in [0.15, 0.2) is 5.16 Å². The summed E-state index contributed by atoms with van der Waals surface area (Å²) in [5, 5.41) is 16.8. The standard InChI is InChI=1S/C19H22N6OS/c1-12-17(13(2)24(3)23-12)20-16(26)11-27-19-22-21-18(14-9-10-14)25(19)15-7-5-4-6-8-15/h4-8,14H,9-11H2,1-3H3,(H,20,26). The number of aromatic nitrogens is 5. The number of para-hydroxylation sites is 1. The molecular formula is C19H22N6OS. The van der Waals surface area contributed by atoms with E-state index in [1.54, 1.807) is 4.68 Å². The van der Waals surface area contributed by atoms with E-state index in [0.29, 0.717) is 5.92 Å². The molecule has 1 N–H and O–H groups in total. The first-order valence-corrected chi connectivity index (χ1v) is 9.96. The van der Waals surface area contributed by atoms with Crippen LogP contribution in [0.25, 0.3) is 5.69 Å². The van der Waals surface area contributed by atoms with Crippen LogP contribution >= 0.6 is 11.8 Å². The van der Waals surface area contributed by atoms with Crippen LogP contribution in [-0.2, 0) is 11.8 Å². The van der Waals surface area contributed by atoms with Crippen LogP contribution < -0.4 is 5.32 Å². The first-order valence-electron chi connectivity index (χ1n) is 8.98. The highest BCUT2D eigenvalue weighted by Crippen LogP contribution is 2.41. The fraction of sp³-hybridized carbons (Fsp3) is 0.368. The molecule has 0 spiro atoms. The van der Waals surface area contributed by atoms with Gasteiger partial charge in [-0.05, 0) is 38.8 Å². The zero-order valence-corrected chi connectivity index (χ0v) is 16.5. The molecule has 27 heavy (non-hydrogen) atoms. The van der Waals surface area contributed by atoms with Crippen molar-refractivity contribution >= 4 is 23.4 Å². The van der Waals surface area contributed by atoms with Crippen molar-refractivity contribution in [2.24, 2.45) is 7.05 Å². The third kappa shape index (κ3) is 3.62. The van der Waals surface area contributed by atoms with Crippen molar-refractivity contribution in [3.63, 3.8) is 0 Å². The van der Waals surface area contributed by atoms with E-state index in [9.17, 15) is 4.79 Å². The minimum Gasteiger partial charge on any atom is -0.322 e. The highest BCUT2D eigenvalue weighted by Gasteiger charge is 2.31. The molecule has 0 bridgehead atoms. The van der Waals surface area contributed by atoms with E-state index in [2.05, 4.69) is 25.2 Å². The lowest BCUT2D eigenvalue weighted by Gasteiger charge is -2.10. The summed E-state index contributed by atoms with van der Waals surface area (Å²) in [6.45, 7) is 3.83. The molecule has 1 saturated carbocycles. The molecule has 0 saturated heterocycles. The summed E-state index contributed by atoms with van der Waals surface area (Å²) in [7, 11) is 1.87. The number of nitrogens with one attached hydrogen (secondary N) is 1. The maximum absolute atomic E-state index is 12.5. The molecule has 1 aromatic carbocycles. The van der Waals surface area contributed by atoms with Gasteiger partial charge in [-0.15, -0.1) is 10.2 Å². The minimum absolute atomic E-state index is 0.0743. The molecule has 1 aliphatic rings. The van der Waals surface area contributed by atoms with E-state index in [0.717, 1.165) is 46.6 Å². The van der Waals surface area contributed by atoms with Gasteiger partial charge in [0.25, 0.3) is 0 Å². The van der Waals surface area contributed by atoms with Crippen LogP contribution in [0.5, 0.6) is 0 Å². The summed E-state index contributed by atoms with van der Waals surface area (Å²) in [6.07, 6.45) is 2.30. The number of hydrogen-bond donors (Lipinski definition) is 1. The molecule has 8 heteroatoms. The SMILES string of the molecule is Cc1nn(C)c(C)c1NC(=O)CSc1nnc(C2CC2)n1-c1ccccc1. The predicted octanol–water partition coefficient (Wildman–Crippen LogP) is 3.23. The quantitative estimate of drug-likeness (QED) is 0.662. The molecule has 140 valence electrons. The summed E-state index contributed by atoms with van der Waals surface area (Å²) in [6, 6.07) is 10.1. The molecule has 1 aliphatic carbocycles. The molecule has 2 heterocycles. The number of benzene rings is 1. The van der Waals surface area contributed by atoms with E-state index < -0.39 is 0 Å². The first kappa shape index (κ1) is 17.8. The van der Waals surface area contributed by atoms with Crippen molar-refractivity contribution in [2.75, 3.05) is 11.1 Å². The molecule has 0 aliphatic heterocycles. The Kier molecular flexibility index (Phi) is 4.73. The van der Waals surface area contributed by atoms with E-state index in [4.69, 9.17) is 0 Å². The van der Waals surface area contributed by atoms with Crippen molar-refractivity contribution in [3.8, 4) is 5.69 Å². The van der Waals surface area contributed by atoms with Crippen LogP contribution in [0.4, 0.5) is 5.69 Å². The van der Waals surface area contributed by atoms with Crippen LogP contribution in [0, 0.1) is 13.8 Å². The van der Waals surface area contributed by atoms with Gasteiger partial charge in [0.05, 0.1) is 22.8 Å². The fourth-order valence-corrected chi connectivity index (χ4v) is 3.82. The van der Waals surface area contributed by atoms with Crippen LogP contribution in [0.1, 0.15) is 36.0 Å². The average Bonchev–Trinajstić information content (AvgIpc) is 3.38. The van der Waals surface area contributed by atoms with Crippen LogP contribution in [0.15, 0.2) is 35.5 Å². The predicted molar refractivity (Wildman–Crippen MR) is 105 cm³/mol. The summed E-state index contributed by atoms with van der Waals surface area (Å²) < 4.78 is 3.85. The van der Waals surface area contributed by atoms with Crippen molar-refractivity contribution in [2.45, 2.75) is 37.8 Å². The number of nitrogens with zero attached hydrogens (tertiary/aromatic N) is 5. The number of aryl methyl sites for hydroxylation is 2. The average molecular weight is 382 g/mol. The third-order valence-corrected chi connectivity index (χ3v) is 5.65. The number of carbonyl (C=O) groups excluding carboxylic acids is 1. The molecule has 4 rings (SSSR count). The zero-order chi connectivity index (χ0) is 19.0. The maximum Gasteiger partial charge on any atom is 0.234 e. The molecular weight excluding hydrogens is 360 g/mol. The Bertz CT molecular complexity index is 974. The van der Waals surface area contributed by atoms with Crippen molar-refractivity contribution in [3.05, 3.63) is 47.5 Å². The number of rotatable bonds is 6. The maximum atomic E-state index is 12.5. The smallest absolute Gasteiger partial charge is 0.234 e. The highest BCUT2D eigenvalue weighted by atomic mass is 32.2. The van der Waals surface area contributed by atoms with E-state index in [1.807, 2.05) is 51.2 Å². The van der Waals surface area contributed by atoms with Gasteiger partial charge in [-0.3, -0.25) is 14.0 Å². The number of carbonyl (C=O) groups is 1. The van der Waals surface area contributed by atoms with Gasteiger partial charge in [-0.1, -0.05) is 30.0 Å². The Labute approximate surface area is 162 Å². The van der Waals surface area contributed by atoms with Crippen LogP contribution in [-0.4, -0.2) is 36.2 Å². The van der Waals surface area contributed by atoms with Crippen LogP contribution in [0.3, 0.4) is 0 Å². The Hall–Kier alpha value is -2.61. The van der Waals surface area contributed by atoms with Gasteiger partial charge in [-0.2, -0.15) is 5.10 Å². The van der Waals surface area contributed by atoms with Gasteiger partial charge >= 0.3 is 0 Å². The monoisotopic (exact) mass is 382 g/mol. The third-order valence-electron chi connectivity index (χ3n) is 4.72. The normalized spacial score (nSPS) is 13.7.